The van der Waals surface area contributed by atoms with Gasteiger partial charge in [-0.15, -0.1) is 0 Å². The van der Waals surface area contributed by atoms with E-state index in [1.54, 1.807) is 0 Å². The lowest BCUT2D eigenvalue weighted by molar-refractivity contribution is -0.109. The van der Waals surface area contributed by atoms with Crippen molar-refractivity contribution >= 4 is 12.1 Å². The zero-order valence-corrected chi connectivity index (χ0v) is 10.5. The molecule has 0 bridgehead atoms. The first-order valence-electron chi connectivity index (χ1n) is 6.07. The number of anilines is 1. The summed E-state index contributed by atoms with van der Waals surface area (Å²) in [4.78, 5) is 12.6. The lowest BCUT2D eigenvalue weighted by Gasteiger charge is -2.14. The number of aromatic nitrogens is 2. The molecular formula is C12H20N4O. The molecule has 2 rings (SSSR count). The van der Waals surface area contributed by atoms with Crippen LogP contribution in [0.4, 0.5) is 5.82 Å². The third-order valence-corrected chi connectivity index (χ3v) is 3.08. The van der Waals surface area contributed by atoms with Gasteiger partial charge in [0.2, 0.25) is 0 Å². The standard InChI is InChI=1S/C12H20N4O/c1-15(2)12-7-11(9-3-4-9)14-16(12)6-5-10(13)8-17/h7-10H,3-6,13H2,1-2H3. The summed E-state index contributed by atoms with van der Waals surface area (Å²) in [5.41, 5.74) is 6.78. The summed E-state index contributed by atoms with van der Waals surface area (Å²) in [6.45, 7) is 0.695. The van der Waals surface area contributed by atoms with E-state index >= 15 is 0 Å². The van der Waals surface area contributed by atoms with Crippen molar-refractivity contribution < 1.29 is 4.79 Å². The molecule has 1 heterocycles. The number of hydrogen-bond donors (Lipinski definition) is 1. The van der Waals surface area contributed by atoms with Gasteiger partial charge in [0.25, 0.3) is 0 Å². The number of hydrogen-bond acceptors (Lipinski definition) is 4. The van der Waals surface area contributed by atoms with Crippen LogP contribution < -0.4 is 10.6 Å². The zero-order valence-electron chi connectivity index (χ0n) is 10.5. The van der Waals surface area contributed by atoms with Gasteiger partial charge in [-0.25, -0.2) is 4.68 Å². The Hall–Kier alpha value is -1.36. The van der Waals surface area contributed by atoms with E-state index < -0.39 is 6.04 Å². The summed E-state index contributed by atoms with van der Waals surface area (Å²) in [7, 11) is 4.01. The van der Waals surface area contributed by atoms with Crippen molar-refractivity contribution in [2.24, 2.45) is 5.73 Å². The molecule has 1 saturated carbocycles. The minimum absolute atomic E-state index is 0.390. The largest absolute Gasteiger partial charge is 0.363 e. The molecule has 1 fully saturated rings. The van der Waals surface area contributed by atoms with Crippen LogP contribution in [0.5, 0.6) is 0 Å². The maximum absolute atomic E-state index is 10.5. The van der Waals surface area contributed by atoms with Crippen molar-refractivity contribution in [1.82, 2.24) is 9.78 Å². The summed E-state index contributed by atoms with van der Waals surface area (Å²) in [6.07, 6.45) is 3.92. The fraction of sp³-hybridized carbons (Fsp3) is 0.667. The number of rotatable bonds is 6. The van der Waals surface area contributed by atoms with Gasteiger partial charge in [0, 0.05) is 32.6 Å². The van der Waals surface area contributed by atoms with Gasteiger partial charge in [-0.1, -0.05) is 0 Å². The van der Waals surface area contributed by atoms with E-state index in [0.717, 1.165) is 12.1 Å². The van der Waals surface area contributed by atoms with Gasteiger partial charge in [0.05, 0.1) is 11.7 Å². The molecule has 1 unspecified atom stereocenters. The minimum atomic E-state index is -0.390. The van der Waals surface area contributed by atoms with Crippen LogP contribution in [0.2, 0.25) is 0 Å². The van der Waals surface area contributed by atoms with E-state index in [9.17, 15) is 4.79 Å². The molecule has 5 heteroatoms. The first-order valence-corrected chi connectivity index (χ1v) is 6.07. The van der Waals surface area contributed by atoms with Crippen molar-refractivity contribution in [3.05, 3.63) is 11.8 Å². The molecule has 0 aliphatic heterocycles. The SMILES string of the molecule is CN(C)c1cc(C2CC2)nn1CCC(N)C=O. The summed E-state index contributed by atoms with van der Waals surface area (Å²) in [6, 6.07) is 1.75. The van der Waals surface area contributed by atoms with Gasteiger partial charge in [-0.05, 0) is 19.3 Å². The molecule has 0 aromatic carbocycles. The van der Waals surface area contributed by atoms with Crippen LogP contribution in [0.15, 0.2) is 6.07 Å². The van der Waals surface area contributed by atoms with Crippen LogP contribution in [0.3, 0.4) is 0 Å². The third-order valence-electron chi connectivity index (χ3n) is 3.08. The van der Waals surface area contributed by atoms with E-state index in [1.165, 1.54) is 18.5 Å². The Labute approximate surface area is 102 Å². The molecular weight excluding hydrogens is 216 g/mol. The van der Waals surface area contributed by atoms with Crippen LogP contribution >= 0.6 is 0 Å². The van der Waals surface area contributed by atoms with E-state index in [1.807, 2.05) is 23.7 Å². The normalized spacial score (nSPS) is 16.9. The second-order valence-corrected chi connectivity index (χ2v) is 4.91. The Kier molecular flexibility index (Phi) is 3.47. The fourth-order valence-corrected chi connectivity index (χ4v) is 1.87. The monoisotopic (exact) mass is 236 g/mol. The van der Waals surface area contributed by atoms with Crippen LogP contribution in [-0.2, 0) is 11.3 Å². The highest BCUT2D eigenvalue weighted by molar-refractivity contribution is 5.56. The first kappa shape index (κ1) is 12.1. The molecule has 1 aromatic rings. The molecule has 1 aliphatic carbocycles. The Morgan fingerprint density at radius 3 is 2.88 bits per heavy atom. The molecule has 0 spiro atoms. The number of aryl methyl sites for hydroxylation is 1. The maximum atomic E-state index is 10.5. The van der Waals surface area contributed by atoms with Crippen molar-refractivity contribution in [1.29, 1.82) is 0 Å². The molecule has 0 amide bonds. The maximum Gasteiger partial charge on any atom is 0.136 e. The Bertz CT molecular complexity index is 395. The van der Waals surface area contributed by atoms with Crippen molar-refractivity contribution in [2.45, 2.75) is 37.8 Å². The summed E-state index contributed by atoms with van der Waals surface area (Å²) in [5.74, 6) is 1.74. The predicted molar refractivity (Wildman–Crippen MR) is 67.2 cm³/mol. The number of nitrogens with two attached hydrogens (primary N) is 1. The van der Waals surface area contributed by atoms with Crippen LogP contribution in [-0.4, -0.2) is 36.2 Å². The smallest absolute Gasteiger partial charge is 0.136 e. The Morgan fingerprint density at radius 2 is 2.35 bits per heavy atom. The van der Waals surface area contributed by atoms with Crippen LogP contribution in [0.25, 0.3) is 0 Å². The molecule has 0 saturated heterocycles. The van der Waals surface area contributed by atoms with Gasteiger partial charge < -0.3 is 15.4 Å². The number of carbonyl (C=O) groups excluding carboxylic acids is 1. The van der Waals surface area contributed by atoms with E-state index in [-0.39, 0.29) is 0 Å². The van der Waals surface area contributed by atoms with Crippen molar-refractivity contribution in [3.8, 4) is 0 Å². The summed E-state index contributed by atoms with van der Waals surface area (Å²) >= 11 is 0. The quantitative estimate of drug-likeness (QED) is 0.740. The van der Waals surface area contributed by atoms with Crippen molar-refractivity contribution in [2.75, 3.05) is 19.0 Å². The molecule has 94 valence electrons. The van der Waals surface area contributed by atoms with Crippen LogP contribution in [0.1, 0.15) is 30.9 Å². The third kappa shape index (κ3) is 2.85. The topological polar surface area (TPSA) is 64.2 Å². The predicted octanol–water partition coefficient (Wildman–Crippen LogP) is 0.743. The minimum Gasteiger partial charge on any atom is -0.363 e. The van der Waals surface area contributed by atoms with Gasteiger partial charge in [0.1, 0.15) is 12.1 Å². The average molecular weight is 236 g/mol. The highest BCUT2D eigenvalue weighted by Crippen LogP contribution is 2.40. The molecule has 17 heavy (non-hydrogen) atoms. The van der Waals surface area contributed by atoms with Gasteiger partial charge in [-0.2, -0.15) is 5.10 Å². The summed E-state index contributed by atoms with van der Waals surface area (Å²) in [5, 5.41) is 4.60. The zero-order chi connectivity index (χ0) is 12.4. The highest BCUT2D eigenvalue weighted by Gasteiger charge is 2.27. The van der Waals surface area contributed by atoms with Gasteiger partial charge >= 0.3 is 0 Å². The lowest BCUT2D eigenvalue weighted by atomic mass is 10.2. The van der Waals surface area contributed by atoms with Gasteiger partial charge in [-0.3, -0.25) is 0 Å². The Balaban J connectivity index is 2.10. The number of nitrogens with zero attached hydrogens (tertiary/aromatic N) is 3. The second-order valence-electron chi connectivity index (χ2n) is 4.91. The molecule has 1 atom stereocenters. The lowest BCUT2D eigenvalue weighted by Crippen LogP contribution is -2.24. The molecule has 1 aliphatic rings. The van der Waals surface area contributed by atoms with E-state index in [2.05, 4.69) is 11.2 Å². The van der Waals surface area contributed by atoms with Crippen molar-refractivity contribution in [3.63, 3.8) is 0 Å². The number of aldehydes is 1. The van der Waals surface area contributed by atoms with Crippen LogP contribution in [0, 0.1) is 0 Å². The molecule has 5 nitrogen and oxygen atoms in total. The molecule has 2 N–H and O–H groups in total. The first-order chi connectivity index (χ1) is 8.11. The Morgan fingerprint density at radius 1 is 1.65 bits per heavy atom. The number of carbonyl (C=O) groups is 1. The average Bonchev–Trinajstić information content (AvgIpc) is 3.06. The second kappa shape index (κ2) is 4.87. The molecule has 1 aromatic heterocycles. The summed E-state index contributed by atoms with van der Waals surface area (Å²) < 4.78 is 1.96. The highest BCUT2D eigenvalue weighted by atomic mass is 16.1. The molecule has 0 radical (unpaired) electrons. The van der Waals surface area contributed by atoms with E-state index in [4.69, 9.17) is 5.73 Å². The fourth-order valence-electron chi connectivity index (χ4n) is 1.87. The van der Waals surface area contributed by atoms with Gasteiger partial charge in [0.15, 0.2) is 0 Å². The van der Waals surface area contributed by atoms with E-state index in [0.29, 0.717) is 18.9 Å².